The van der Waals surface area contributed by atoms with E-state index >= 15 is 0 Å². The predicted molar refractivity (Wildman–Crippen MR) is 135 cm³/mol. The third-order valence-corrected chi connectivity index (χ3v) is 7.71. The molecule has 1 aliphatic heterocycles. The lowest BCUT2D eigenvalue weighted by Crippen LogP contribution is -2.35. The first kappa shape index (κ1) is 23.5. The number of benzene rings is 2. The number of hydrogen-bond acceptors (Lipinski definition) is 6. The lowest BCUT2D eigenvalue weighted by Gasteiger charge is -2.32. The van der Waals surface area contributed by atoms with Gasteiger partial charge < -0.3 is 24.5 Å². The summed E-state index contributed by atoms with van der Waals surface area (Å²) in [5, 5.41) is 4.15. The number of methoxy groups -OCH3 is 3. The second-order valence-corrected chi connectivity index (χ2v) is 9.51. The zero-order valence-electron chi connectivity index (χ0n) is 20.6. The molecule has 2 aromatic carbocycles. The molecule has 1 unspecified atom stereocenters. The highest BCUT2D eigenvalue weighted by Gasteiger charge is 2.41. The molecule has 186 valence electrons. The van der Waals surface area contributed by atoms with Crippen molar-refractivity contribution in [1.29, 1.82) is 0 Å². The molecule has 0 spiro atoms. The maximum absolute atomic E-state index is 13.1. The molecular weight excluding hydrogens is 446 g/mol. The van der Waals surface area contributed by atoms with Crippen LogP contribution in [-0.4, -0.2) is 43.5 Å². The summed E-state index contributed by atoms with van der Waals surface area (Å²) in [6.45, 7) is 1.40. The van der Waals surface area contributed by atoms with Crippen molar-refractivity contribution in [3.8, 4) is 17.2 Å². The molecule has 0 amide bonds. The molecule has 0 saturated carbocycles. The topological polar surface area (TPSA) is 94.6 Å². The molecule has 2 aliphatic rings. The molecule has 8 heteroatoms. The summed E-state index contributed by atoms with van der Waals surface area (Å²) in [5.74, 6) is 3.00. The number of unbranched alkanes of at least 4 members (excludes halogenated alkanes) is 1. The number of aryl methyl sites for hydroxylation is 1. The Hall–Kier alpha value is -3.26. The van der Waals surface area contributed by atoms with Crippen LogP contribution in [0.5, 0.6) is 17.2 Å². The summed E-state index contributed by atoms with van der Waals surface area (Å²) < 4.78 is 17.6. The molecule has 2 N–H and O–H groups in total. The van der Waals surface area contributed by atoms with E-state index < -0.39 is 5.69 Å². The van der Waals surface area contributed by atoms with Gasteiger partial charge in [0, 0.05) is 30.1 Å². The first-order valence-electron chi connectivity index (χ1n) is 12.3. The van der Waals surface area contributed by atoms with Gasteiger partial charge in [-0.25, -0.2) is 4.79 Å². The molecular formula is C27H33N3O5. The predicted octanol–water partition coefficient (Wildman–Crippen LogP) is 3.20. The molecule has 0 bridgehead atoms. The lowest BCUT2D eigenvalue weighted by molar-refractivity contribution is 0.355. The Morgan fingerprint density at radius 2 is 1.77 bits per heavy atom. The molecule has 3 atom stereocenters. The fourth-order valence-corrected chi connectivity index (χ4v) is 6.01. The molecule has 1 fully saturated rings. The van der Waals surface area contributed by atoms with Gasteiger partial charge in [-0.1, -0.05) is 18.6 Å². The van der Waals surface area contributed by atoms with E-state index in [2.05, 4.69) is 28.5 Å². The van der Waals surface area contributed by atoms with Gasteiger partial charge in [0.15, 0.2) is 11.5 Å². The van der Waals surface area contributed by atoms with Crippen molar-refractivity contribution in [2.24, 2.45) is 5.92 Å². The Morgan fingerprint density at radius 3 is 2.54 bits per heavy atom. The van der Waals surface area contributed by atoms with Crippen LogP contribution >= 0.6 is 0 Å². The maximum Gasteiger partial charge on any atom is 0.328 e. The van der Waals surface area contributed by atoms with Gasteiger partial charge in [0.2, 0.25) is 0 Å². The third-order valence-electron chi connectivity index (χ3n) is 7.71. The molecule has 1 aliphatic carbocycles. The van der Waals surface area contributed by atoms with Crippen molar-refractivity contribution < 1.29 is 14.2 Å². The molecule has 5 rings (SSSR count). The van der Waals surface area contributed by atoms with E-state index in [4.69, 9.17) is 14.2 Å². The van der Waals surface area contributed by atoms with Gasteiger partial charge in [-0.15, -0.1) is 0 Å². The first-order valence-corrected chi connectivity index (χ1v) is 12.3. The van der Waals surface area contributed by atoms with Gasteiger partial charge in [0.05, 0.1) is 32.2 Å². The summed E-state index contributed by atoms with van der Waals surface area (Å²) in [7, 11) is 4.79. The number of ether oxygens (including phenoxy) is 3. The third kappa shape index (κ3) is 4.20. The highest BCUT2D eigenvalue weighted by molar-refractivity contribution is 5.81. The number of H-pyrrole nitrogens is 1. The smallest absolute Gasteiger partial charge is 0.328 e. The van der Waals surface area contributed by atoms with Crippen molar-refractivity contribution in [3.05, 3.63) is 62.3 Å². The SMILES string of the molecule is COc1cc2[nH]c(=O)n(CCCCC3NC[C@@H]4CCc5cccc(OC)c5[C@H]34)c(=O)c2cc1OC. The van der Waals surface area contributed by atoms with Crippen LogP contribution < -0.4 is 30.8 Å². The van der Waals surface area contributed by atoms with Crippen molar-refractivity contribution in [3.63, 3.8) is 0 Å². The van der Waals surface area contributed by atoms with Crippen molar-refractivity contribution in [2.45, 2.75) is 50.6 Å². The fraction of sp³-hybridized carbons (Fsp3) is 0.481. The second-order valence-electron chi connectivity index (χ2n) is 9.51. The quantitative estimate of drug-likeness (QED) is 0.482. The minimum absolute atomic E-state index is 0.310. The normalized spacial score (nSPS) is 20.9. The highest BCUT2D eigenvalue weighted by Crippen LogP contribution is 2.46. The highest BCUT2D eigenvalue weighted by atomic mass is 16.5. The van der Waals surface area contributed by atoms with Gasteiger partial charge >= 0.3 is 5.69 Å². The monoisotopic (exact) mass is 479 g/mol. The van der Waals surface area contributed by atoms with E-state index in [0.29, 0.717) is 46.8 Å². The van der Waals surface area contributed by atoms with E-state index in [-0.39, 0.29) is 5.56 Å². The van der Waals surface area contributed by atoms with E-state index in [1.54, 1.807) is 19.2 Å². The Balaban J connectivity index is 1.30. The summed E-state index contributed by atoms with van der Waals surface area (Å²) in [4.78, 5) is 28.6. The Kier molecular flexibility index (Phi) is 6.56. The van der Waals surface area contributed by atoms with E-state index in [9.17, 15) is 9.59 Å². The molecule has 1 saturated heterocycles. The molecule has 3 aromatic rings. The summed E-state index contributed by atoms with van der Waals surface area (Å²) in [5.41, 5.74) is 2.50. The first-order chi connectivity index (χ1) is 17.0. The number of fused-ring (bicyclic) bond motifs is 4. The summed E-state index contributed by atoms with van der Waals surface area (Å²) in [6.07, 6.45) is 4.96. The molecule has 35 heavy (non-hydrogen) atoms. The zero-order chi connectivity index (χ0) is 24.5. The van der Waals surface area contributed by atoms with E-state index in [1.165, 1.54) is 36.3 Å². The van der Waals surface area contributed by atoms with Crippen LogP contribution in [0.1, 0.15) is 42.7 Å². The fourth-order valence-electron chi connectivity index (χ4n) is 6.01. The standard InChI is InChI=1S/C27H33N3O5/c1-33-21-9-6-7-16-10-11-17-15-28-19(24(17)25(16)21)8-4-5-12-30-26(31)18-13-22(34-2)23(35-3)14-20(18)29-27(30)32/h6-7,9,13-14,17,19,24,28H,4-5,8,10-12,15H2,1-3H3,(H,29,32)/t17-,19?,24-/m0/s1. The van der Waals surface area contributed by atoms with Crippen LogP contribution in [0.15, 0.2) is 39.9 Å². The largest absolute Gasteiger partial charge is 0.496 e. The lowest BCUT2D eigenvalue weighted by atomic mass is 9.73. The Bertz CT molecular complexity index is 1330. The summed E-state index contributed by atoms with van der Waals surface area (Å²) >= 11 is 0. The van der Waals surface area contributed by atoms with E-state index in [0.717, 1.165) is 38.0 Å². The van der Waals surface area contributed by atoms with Crippen molar-refractivity contribution >= 4 is 10.9 Å². The average Bonchev–Trinajstić information content (AvgIpc) is 3.30. The van der Waals surface area contributed by atoms with Crippen molar-refractivity contribution in [2.75, 3.05) is 27.9 Å². The van der Waals surface area contributed by atoms with Gasteiger partial charge in [-0.05, 0) is 55.8 Å². The van der Waals surface area contributed by atoms with E-state index in [1.807, 2.05) is 0 Å². The van der Waals surface area contributed by atoms with Gasteiger partial charge in [-0.3, -0.25) is 9.36 Å². The average molecular weight is 480 g/mol. The number of nitrogens with zero attached hydrogens (tertiary/aromatic N) is 1. The number of rotatable bonds is 8. The second kappa shape index (κ2) is 9.77. The van der Waals surface area contributed by atoms with Crippen LogP contribution in [0.2, 0.25) is 0 Å². The molecule has 1 aromatic heterocycles. The molecule has 0 radical (unpaired) electrons. The van der Waals surface area contributed by atoms with Crippen LogP contribution in [0.4, 0.5) is 0 Å². The zero-order valence-corrected chi connectivity index (χ0v) is 20.6. The van der Waals surface area contributed by atoms with Crippen LogP contribution in [-0.2, 0) is 13.0 Å². The summed E-state index contributed by atoms with van der Waals surface area (Å²) in [6, 6.07) is 10.0. The Morgan fingerprint density at radius 1 is 1.00 bits per heavy atom. The van der Waals surface area contributed by atoms with Crippen LogP contribution in [0, 0.1) is 5.92 Å². The van der Waals surface area contributed by atoms with Gasteiger partial charge in [0.1, 0.15) is 5.75 Å². The maximum atomic E-state index is 13.1. The number of aromatic amines is 1. The molecule has 8 nitrogen and oxygen atoms in total. The minimum atomic E-state index is -0.403. The Labute approximate surface area is 204 Å². The number of nitrogens with one attached hydrogen (secondary N) is 2. The van der Waals surface area contributed by atoms with Crippen LogP contribution in [0.25, 0.3) is 10.9 Å². The number of aromatic nitrogens is 2. The molecule has 2 heterocycles. The van der Waals surface area contributed by atoms with Gasteiger partial charge in [-0.2, -0.15) is 0 Å². The van der Waals surface area contributed by atoms with Crippen molar-refractivity contribution in [1.82, 2.24) is 14.9 Å². The number of hydrogen-bond donors (Lipinski definition) is 2. The van der Waals surface area contributed by atoms with Gasteiger partial charge in [0.25, 0.3) is 5.56 Å². The van der Waals surface area contributed by atoms with Crippen LogP contribution in [0.3, 0.4) is 0 Å². The minimum Gasteiger partial charge on any atom is -0.496 e.